The van der Waals surface area contributed by atoms with Gasteiger partial charge < -0.3 is 20.7 Å². The zero-order chi connectivity index (χ0) is 22.3. The smallest absolute Gasteiger partial charge is 0.191 e. The number of nitrogens with one attached hydrogen (secondary N) is 3. The first kappa shape index (κ1) is 26.5. The fourth-order valence-electron chi connectivity index (χ4n) is 4.03. The average Bonchev–Trinajstić information content (AvgIpc) is 2.79. The minimum absolute atomic E-state index is 0. The van der Waals surface area contributed by atoms with E-state index >= 15 is 0 Å². The summed E-state index contributed by atoms with van der Waals surface area (Å²) >= 11 is 0. The van der Waals surface area contributed by atoms with Crippen LogP contribution in [-0.4, -0.2) is 38.3 Å². The van der Waals surface area contributed by atoms with Crippen molar-refractivity contribution in [1.82, 2.24) is 16.0 Å². The summed E-state index contributed by atoms with van der Waals surface area (Å²) in [4.78, 5) is 4.39. The minimum atomic E-state index is -0.186. The number of rotatable bonds is 7. The highest BCUT2D eigenvalue weighted by Gasteiger charge is 2.34. The van der Waals surface area contributed by atoms with Crippen LogP contribution in [0.2, 0.25) is 0 Å². The molecule has 0 saturated carbocycles. The number of aryl methyl sites for hydroxylation is 1. The monoisotopic (exact) mass is 554 g/mol. The van der Waals surface area contributed by atoms with E-state index in [0.29, 0.717) is 11.5 Å². The van der Waals surface area contributed by atoms with Gasteiger partial charge in [-0.25, -0.2) is 4.39 Å². The molecule has 5 nitrogen and oxygen atoms in total. The summed E-state index contributed by atoms with van der Waals surface area (Å²) < 4.78 is 19.6. The summed E-state index contributed by atoms with van der Waals surface area (Å²) in [5, 5.41) is 10.7. The van der Waals surface area contributed by atoms with Crippen LogP contribution in [0.25, 0.3) is 0 Å². The fourth-order valence-corrected chi connectivity index (χ4v) is 4.03. The lowest BCUT2D eigenvalue weighted by molar-refractivity contribution is 0.0354. The van der Waals surface area contributed by atoms with Crippen molar-refractivity contribution >= 4 is 29.9 Å². The van der Waals surface area contributed by atoms with E-state index in [1.165, 1.54) is 5.56 Å². The molecule has 2 aromatic rings. The van der Waals surface area contributed by atoms with Gasteiger partial charge in [-0.1, -0.05) is 42.5 Å². The standard InChI is InChI=1S/C25H35FN4O.HI/c1-18-10-11-22(16-23(18)26)19(2)29-24(27-4)28-17-25(12-14-31-15-13-25)30-20(3)21-8-6-5-7-9-21;/h5-11,16,19-20,30H,12-15,17H2,1-4H3,(H2,27,28,29);1H. The van der Waals surface area contributed by atoms with Gasteiger partial charge >= 0.3 is 0 Å². The Morgan fingerprint density at radius 2 is 1.75 bits per heavy atom. The maximum Gasteiger partial charge on any atom is 0.191 e. The molecule has 7 heteroatoms. The Balaban J connectivity index is 0.00000363. The maximum atomic E-state index is 14.0. The Morgan fingerprint density at radius 3 is 2.38 bits per heavy atom. The van der Waals surface area contributed by atoms with Crippen LogP contribution < -0.4 is 16.0 Å². The SMILES string of the molecule is CN=C(NCC1(NC(C)c2ccccc2)CCOCC1)NC(C)c1ccc(C)c(F)c1.I. The van der Waals surface area contributed by atoms with Crippen LogP contribution in [0.15, 0.2) is 53.5 Å². The van der Waals surface area contributed by atoms with E-state index in [1.54, 1.807) is 20.0 Å². The van der Waals surface area contributed by atoms with E-state index < -0.39 is 0 Å². The van der Waals surface area contributed by atoms with Gasteiger partial charge in [0, 0.05) is 38.4 Å². The molecule has 0 bridgehead atoms. The number of ether oxygens (including phenoxy) is 1. The van der Waals surface area contributed by atoms with Crippen molar-refractivity contribution in [1.29, 1.82) is 0 Å². The Morgan fingerprint density at radius 1 is 1.06 bits per heavy atom. The highest BCUT2D eigenvalue weighted by atomic mass is 127. The van der Waals surface area contributed by atoms with Crippen molar-refractivity contribution in [2.45, 2.75) is 51.2 Å². The molecule has 32 heavy (non-hydrogen) atoms. The van der Waals surface area contributed by atoms with E-state index in [2.05, 4.69) is 52.1 Å². The molecule has 1 heterocycles. The lowest BCUT2D eigenvalue weighted by atomic mass is 9.88. The van der Waals surface area contributed by atoms with Crippen LogP contribution in [0.1, 0.15) is 55.5 Å². The van der Waals surface area contributed by atoms with E-state index in [-0.39, 0.29) is 47.4 Å². The number of hydrogen-bond donors (Lipinski definition) is 3. The number of guanidine groups is 1. The first-order valence-electron chi connectivity index (χ1n) is 11.1. The summed E-state index contributed by atoms with van der Waals surface area (Å²) in [7, 11) is 1.76. The largest absolute Gasteiger partial charge is 0.381 e. The summed E-state index contributed by atoms with van der Waals surface area (Å²) in [5.74, 6) is 0.517. The van der Waals surface area contributed by atoms with E-state index in [9.17, 15) is 4.39 Å². The highest BCUT2D eigenvalue weighted by molar-refractivity contribution is 14.0. The molecule has 0 spiro atoms. The normalized spacial score (nSPS) is 17.7. The lowest BCUT2D eigenvalue weighted by Gasteiger charge is -2.41. The minimum Gasteiger partial charge on any atom is -0.381 e. The van der Waals surface area contributed by atoms with E-state index in [1.807, 2.05) is 25.1 Å². The third-order valence-electron chi connectivity index (χ3n) is 6.14. The highest BCUT2D eigenvalue weighted by Crippen LogP contribution is 2.25. The molecular weight excluding hydrogens is 518 g/mol. The number of benzene rings is 2. The van der Waals surface area contributed by atoms with Gasteiger partial charge in [0.25, 0.3) is 0 Å². The van der Waals surface area contributed by atoms with Gasteiger partial charge in [-0.2, -0.15) is 0 Å². The molecule has 1 aliphatic heterocycles. The molecule has 2 aromatic carbocycles. The first-order valence-corrected chi connectivity index (χ1v) is 11.1. The molecule has 2 atom stereocenters. The Hall–Kier alpha value is -1.71. The number of hydrogen-bond acceptors (Lipinski definition) is 3. The van der Waals surface area contributed by atoms with E-state index in [0.717, 1.165) is 38.2 Å². The summed E-state index contributed by atoms with van der Waals surface area (Å²) in [6, 6.07) is 16.0. The van der Waals surface area contributed by atoms with Crippen molar-refractivity contribution in [3.63, 3.8) is 0 Å². The predicted octanol–water partition coefficient (Wildman–Crippen LogP) is 4.88. The molecule has 0 aliphatic carbocycles. The van der Waals surface area contributed by atoms with Crippen LogP contribution in [0.5, 0.6) is 0 Å². The molecule has 0 radical (unpaired) electrons. The third kappa shape index (κ3) is 7.15. The van der Waals surface area contributed by atoms with Crippen molar-refractivity contribution in [3.05, 3.63) is 71.0 Å². The third-order valence-corrected chi connectivity index (χ3v) is 6.14. The fraction of sp³-hybridized carbons (Fsp3) is 0.480. The summed E-state index contributed by atoms with van der Waals surface area (Å²) in [6.07, 6.45) is 1.85. The number of halogens is 2. The Kier molecular flexibility index (Phi) is 10.4. The number of nitrogens with zero attached hydrogens (tertiary/aromatic N) is 1. The van der Waals surface area contributed by atoms with Gasteiger partial charge in [0.15, 0.2) is 5.96 Å². The Bertz CT molecular complexity index is 872. The van der Waals surface area contributed by atoms with Crippen molar-refractivity contribution < 1.29 is 9.13 Å². The van der Waals surface area contributed by atoms with Gasteiger partial charge in [0.1, 0.15) is 5.82 Å². The van der Waals surface area contributed by atoms with Gasteiger partial charge in [0.05, 0.1) is 6.04 Å². The second-order valence-electron chi connectivity index (χ2n) is 8.47. The predicted molar refractivity (Wildman–Crippen MR) is 140 cm³/mol. The molecule has 0 amide bonds. The van der Waals surface area contributed by atoms with Crippen molar-refractivity contribution in [3.8, 4) is 0 Å². The average molecular weight is 554 g/mol. The topological polar surface area (TPSA) is 57.7 Å². The number of aliphatic imine (C=N–C) groups is 1. The molecular formula is C25H36FIN4O. The Labute approximate surface area is 208 Å². The van der Waals surface area contributed by atoms with Gasteiger partial charge in [0.2, 0.25) is 0 Å². The molecule has 1 aliphatic rings. The zero-order valence-corrected chi connectivity index (χ0v) is 21.8. The van der Waals surface area contributed by atoms with E-state index in [4.69, 9.17) is 4.74 Å². The van der Waals surface area contributed by atoms with Crippen LogP contribution in [-0.2, 0) is 4.74 Å². The molecule has 1 saturated heterocycles. The first-order chi connectivity index (χ1) is 14.9. The van der Waals surface area contributed by atoms with Crippen LogP contribution >= 0.6 is 24.0 Å². The molecule has 1 fully saturated rings. The second kappa shape index (κ2) is 12.5. The van der Waals surface area contributed by atoms with Crippen molar-refractivity contribution in [2.75, 3.05) is 26.8 Å². The quantitative estimate of drug-likeness (QED) is 0.260. The van der Waals surface area contributed by atoms with Gasteiger partial charge in [-0.15, -0.1) is 24.0 Å². The molecule has 3 N–H and O–H groups in total. The summed E-state index contributed by atoms with van der Waals surface area (Å²) in [5.41, 5.74) is 2.72. The van der Waals surface area contributed by atoms with Crippen LogP contribution in [0.4, 0.5) is 4.39 Å². The van der Waals surface area contributed by atoms with Crippen LogP contribution in [0, 0.1) is 12.7 Å². The lowest BCUT2D eigenvalue weighted by Crippen LogP contribution is -2.58. The molecule has 176 valence electrons. The van der Waals surface area contributed by atoms with Gasteiger partial charge in [-0.3, -0.25) is 4.99 Å². The molecule has 0 aromatic heterocycles. The molecule has 2 unspecified atom stereocenters. The summed E-state index contributed by atoms with van der Waals surface area (Å²) in [6.45, 7) is 8.18. The zero-order valence-electron chi connectivity index (χ0n) is 19.5. The molecule has 3 rings (SSSR count). The second-order valence-corrected chi connectivity index (χ2v) is 8.47. The van der Waals surface area contributed by atoms with Crippen LogP contribution in [0.3, 0.4) is 0 Å². The maximum absolute atomic E-state index is 14.0. The van der Waals surface area contributed by atoms with Gasteiger partial charge in [-0.05, 0) is 56.4 Å². The van der Waals surface area contributed by atoms with Crippen molar-refractivity contribution in [2.24, 2.45) is 4.99 Å².